The van der Waals surface area contributed by atoms with Gasteiger partial charge in [0.1, 0.15) is 12.1 Å². The number of carboxylic acid groups (broad SMARTS) is 1. The Hall–Kier alpha value is -1.13. The van der Waals surface area contributed by atoms with Gasteiger partial charge in [-0.3, -0.25) is 4.79 Å². The van der Waals surface area contributed by atoms with Crippen molar-refractivity contribution in [2.45, 2.75) is 5.41 Å². The normalized spacial score (nSPS) is 14.6. The van der Waals surface area contributed by atoms with Crippen LogP contribution in [-0.4, -0.2) is 24.3 Å². The molecule has 1 atom stereocenters. The van der Waals surface area contributed by atoms with Gasteiger partial charge in [0.05, 0.1) is 0 Å². The van der Waals surface area contributed by atoms with Gasteiger partial charge in [-0.2, -0.15) is 0 Å². The van der Waals surface area contributed by atoms with E-state index in [1.54, 1.807) is 0 Å². The molecule has 1 aromatic carbocycles. The van der Waals surface area contributed by atoms with Gasteiger partial charge < -0.3 is 10.8 Å². The molecule has 0 radical (unpaired) electrons. The molecule has 0 aliphatic heterocycles. The number of carbonyl (C=O) groups is 1. The molecule has 3 nitrogen and oxygen atoms in total. The maximum atomic E-state index is 12.9. The van der Waals surface area contributed by atoms with E-state index in [9.17, 15) is 9.18 Å². The second kappa shape index (κ2) is 4.59. The molecule has 5 heteroatoms. The van der Waals surface area contributed by atoms with Crippen LogP contribution in [-0.2, 0) is 10.2 Å². The summed E-state index contributed by atoms with van der Waals surface area (Å²) in [6, 6.07) is 5.98. The number of hydrogen-bond acceptors (Lipinski definition) is 2. The van der Waals surface area contributed by atoms with Crippen LogP contribution in [0.4, 0.5) is 4.39 Å². The summed E-state index contributed by atoms with van der Waals surface area (Å²) in [6.45, 7) is -1.33. The molecule has 82 valence electrons. The Labute approximate surface area is 91.7 Å². The van der Waals surface area contributed by atoms with E-state index in [1.165, 1.54) is 24.3 Å². The lowest BCUT2D eigenvalue weighted by Gasteiger charge is -2.24. The molecule has 0 heterocycles. The monoisotopic (exact) mass is 231 g/mol. The van der Waals surface area contributed by atoms with E-state index < -0.39 is 18.1 Å². The minimum absolute atomic E-state index is 0.291. The van der Waals surface area contributed by atoms with Gasteiger partial charge in [0.2, 0.25) is 0 Å². The number of aliphatic carboxylic acids is 1. The van der Waals surface area contributed by atoms with Gasteiger partial charge in [0, 0.05) is 11.6 Å². The lowest BCUT2D eigenvalue weighted by molar-refractivity contribution is -0.144. The van der Waals surface area contributed by atoms with Gasteiger partial charge in [-0.25, -0.2) is 4.39 Å². The predicted molar refractivity (Wildman–Crippen MR) is 55.8 cm³/mol. The summed E-state index contributed by atoms with van der Waals surface area (Å²) in [4.78, 5) is 11.0. The van der Waals surface area contributed by atoms with Crippen molar-refractivity contribution in [2.24, 2.45) is 5.73 Å². The van der Waals surface area contributed by atoms with Crippen molar-refractivity contribution in [1.29, 1.82) is 0 Å². The molecule has 0 bridgehead atoms. The van der Waals surface area contributed by atoms with Crippen molar-refractivity contribution in [3.05, 3.63) is 34.9 Å². The summed E-state index contributed by atoms with van der Waals surface area (Å²) in [5, 5.41) is 9.46. The van der Waals surface area contributed by atoms with E-state index in [4.69, 9.17) is 22.4 Å². The maximum absolute atomic E-state index is 12.9. The maximum Gasteiger partial charge on any atom is 0.318 e. The Morgan fingerprint density at radius 3 is 2.33 bits per heavy atom. The van der Waals surface area contributed by atoms with Crippen LogP contribution in [0.1, 0.15) is 5.56 Å². The zero-order chi connectivity index (χ0) is 11.5. The van der Waals surface area contributed by atoms with Crippen LogP contribution in [0.15, 0.2) is 24.3 Å². The first-order valence-electron chi connectivity index (χ1n) is 4.32. The van der Waals surface area contributed by atoms with Crippen molar-refractivity contribution in [3.63, 3.8) is 0 Å². The minimum atomic E-state index is -1.66. The predicted octanol–water partition coefficient (Wildman–Crippen LogP) is 1.59. The molecule has 0 amide bonds. The van der Waals surface area contributed by atoms with Crippen LogP contribution in [0.3, 0.4) is 0 Å². The first-order chi connectivity index (χ1) is 7.06. The smallest absolute Gasteiger partial charge is 0.318 e. The molecular weight excluding hydrogens is 221 g/mol. The quantitative estimate of drug-likeness (QED) is 0.827. The third-order valence-electron chi connectivity index (χ3n) is 2.38. The van der Waals surface area contributed by atoms with Gasteiger partial charge in [-0.05, 0) is 17.7 Å². The number of carboxylic acids is 1. The summed E-state index contributed by atoms with van der Waals surface area (Å²) in [5.41, 5.74) is 4.00. The summed E-state index contributed by atoms with van der Waals surface area (Å²) in [5.74, 6) is -1.27. The molecule has 1 rings (SSSR count). The average Bonchev–Trinajstić information content (AvgIpc) is 2.22. The molecule has 0 aliphatic rings. The highest BCUT2D eigenvalue weighted by Gasteiger charge is 2.39. The second-order valence-corrected chi connectivity index (χ2v) is 3.67. The van der Waals surface area contributed by atoms with Crippen LogP contribution in [0, 0.1) is 0 Å². The number of rotatable bonds is 4. The molecule has 0 aromatic heterocycles. The number of benzene rings is 1. The second-order valence-electron chi connectivity index (χ2n) is 3.23. The van der Waals surface area contributed by atoms with Crippen molar-refractivity contribution in [3.8, 4) is 0 Å². The SMILES string of the molecule is NCC(CF)(C(=O)O)c1ccc(Cl)cc1. The van der Waals surface area contributed by atoms with E-state index >= 15 is 0 Å². The highest BCUT2D eigenvalue weighted by molar-refractivity contribution is 6.30. The first kappa shape index (κ1) is 11.9. The minimum Gasteiger partial charge on any atom is -0.480 e. The lowest BCUT2D eigenvalue weighted by atomic mass is 9.82. The van der Waals surface area contributed by atoms with E-state index in [-0.39, 0.29) is 6.54 Å². The first-order valence-corrected chi connectivity index (χ1v) is 4.70. The Bertz CT molecular complexity index is 349. The Balaban J connectivity index is 3.20. The largest absolute Gasteiger partial charge is 0.480 e. The van der Waals surface area contributed by atoms with Gasteiger partial charge in [-0.1, -0.05) is 23.7 Å². The number of halogens is 2. The molecule has 0 saturated heterocycles. The van der Waals surface area contributed by atoms with E-state index in [1.807, 2.05) is 0 Å². The number of alkyl halides is 1. The van der Waals surface area contributed by atoms with Gasteiger partial charge >= 0.3 is 5.97 Å². The fourth-order valence-corrected chi connectivity index (χ4v) is 1.41. The Morgan fingerprint density at radius 2 is 2.00 bits per heavy atom. The van der Waals surface area contributed by atoms with Crippen molar-refractivity contribution >= 4 is 17.6 Å². The molecule has 3 N–H and O–H groups in total. The summed E-state index contributed by atoms with van der Waals surface area (Å²) >= 11 is 5.66. The number of hydrogen-bond donors (Lipinski definition) is 2. The molecule has 0 spiro atoms. The summed E-state index contributed by atoms with van der Waals surface area (Å²) in [7, 11) is 0. The molecular formula is C10H11ClFNO2. The standard InChI is InChI=1S/C10H11ClFNO2/c11-8-3-1-7(2-4-8)10(5-12,6-13)9(14)15/h1-4H,5-6,13H2,(H,14,15). The summed E-state index contributed by atoms with van der Waals surface area (Å²) < 4.78 is 12.9. The zero-order valence-electron chi connectivity index (χ0n) is 7.91. The van der Waals surface area contributed by atoms with Crippen LogP contribution >= 0.6 is 11.6 Å². The highest BCUT2D eigenvalue weighted by atomic mass is 35.5. The van der Waals surface area contributed by atoms with Crippen LogP contribution in [0.25, 0.3) is 0 Å². The molecule has 15 heavy (non-hydrogen) atoms. The van der Waals surface area contributed by atoms with Crippen molar-refractivity contribution in [2.75, 3.05) is 13.2 Å². The fraction of sp³-hybridized carbons (Fsp3) is 0.300. The zero-order valence-corrected chi connectivity index (χ0v) is 8.67. The summed E-state index contributed by atoms with van der Waals surface area (Å²) in [6.07, 6.45) is 0. The van der Waals surface area contributed by atoms with Gasteiger partial charge in [0.15, 0.2) is 0 Å². The van der Waals surface area contributed by atoms with Crippen molar-refractivity contribution < 1.29 is 14.3 Å². The van der Waals surface area contributed by atoms with Gasteiger partial charge in [-0.15, -0.1) is 0 Å². The van der Waals surface area contributed by atoms with E-state index in [0.29, 0.717) is 10.6 Å². The van der Waals surface area contributed by atoms with E-state index in [2.05, 4.69) is 0 Å². The molecule has 0 saturated carbocycles. The molecule has 1 aromatic rings. The number of nitrogens with two attached hydrogens (primary N) is 1. The molecule has 0 aliphatic carbocycles. The third kappa shape index (κ3) is 2.11. The Morgan fingerprint density at radius 1 is 1.47 bits per heavy atom. The van der Waals surface area contributed by atoms with Crippen LogP contribution in [0.2, 0.25) is 5.02 Å². The van der Waals surface area contributed by atoms with Crippen LogP contribution < -0.4 is 5.73 Å². The Kier molecular flexibility index (Phi) is 3.66. The third-order valence-corrected chi connectivity index (χ3v) is 2.63. The molecule has 0 fully saturated rings. The lowest BCUT2D eigenvalue weighted by Crippen LogP contribution is -2.45. The highest BCUT2D eigenvalue weighted by Crippen LogP contribution is 2.25. The van der Waals surface area contributed by atoms with Gasteiger partial charge in [0.25, 0.3) is 0 Å². The average molecular weight is 232 g/mol. The molecule has 1 unspecified atom stereocenters. The van der Waals surface area contributed by atoms with Crippen molar-refractivity contribution in [1.82, 2.24) is 0 Å². The fourth-order valence-electron chi connectivity index (χ4n) is 1.29. The van der Waals surface area contributed by atoms with E-state index in [0.717, 1.165) is 0 Å². The topological polar surface area (TPSA) is 63.3 Å². The van der Waals surface area contributed by atoms with Crippen LogP contribution in [0.5, 0.6) is 0 Å².